The van der Waals surface area contributed by atoms with E-state index in [1.54, 1.807) is 0 Å². The predicted molar refractivity (Wildman–Crippen MR) is 77.6 cm³/mol. The maximum absolute atomic E-state index is 11.3. The molecule has 0 aromatic heterocycles. The van der Waals surface area contributed by atoms with Crippen molar-refractivity contribution < 1.29 is 9.53 Å². The lowest BCUT2D eigenvalue weighted by Crippen LogP contribution is -2.37. The smallest absolute Gasteiger partial charge is 0.317 e. The van der Waals surface area contributed by atoms with Crippen LogP contribution in [0.5, 0.6) is 5.75 Å². The van der Waals surface area contributed by atoms with Crippen molar-refractivity contribution in [3.8, 4) is 5.75 Å². The van der Waals surface area contributed by atoms with Gasteiger partial charge in [-0.2, -0.15) is 0 Å². The number of hydrogen-bond acceptors (Lipinski definition) is 2. The number of hydrogen-bond donors (Lipinski definition) is 2. The summed E-state index contributed by atoms with van der Waals surface area (Å²) in [6.07, 6.45) is 0. The van der Waals surface area contributed by atoms with Crippen LogP contribution in [0.4, 0.5) is 4.79 Å². The van der Waals surface area contributed by atoms with E-state index in [1.165, 1.54) is 5.56 Å². The summed E-state index contributed by atoms with van der Waals surface area (Å²) in [4.78, 5) is 11.3. The van der Waals surface area contributed by atoms with E-state index < -0.39 is 0 Å². The fraction of sp³-hybridized carbons (Fsp3) is 0.533. The number of carbonyl (C=O) groups excluding carboxylic acids is 1. The summed E-state index contributed by atoms with van der Waals surface area (Å²) in [6.45, 7) is 11.1. The molecule has 0 aliphatic heterocycles. The van der Waals surface area contributed by atoms with Crippen molar-refractivity contribution in [3.63, 3.8) is 0 Å². The fourth-order valence-corrected chi connectivity index (χ4v) is 1.76. The quantitative estimate of drug-likeness (QED) is 0.821. The zero-order chi connectivity index (χ0) is 14.5. The molecule has 106 valence electrons. The third-order valence-electron chi connectivity index (χ3n) is 2.74. The van der Waals surface area contributed by atoms with Gasteiger partial charge in [-0.15, -0.1) is 0 Å². The lowest BCUT2D eigenvalue weighted by Gasteiger charge is -2.23. The normalized spacial score (nSPS) is 11.0. The van der Waals surface area contributed by atoms with Crippen LogP contribution in [-0.2, 0) is 5.41 Å². The van der Waals surface area contributed by atoms with Crippen molar-refractivity contribution >= 4 is 6.03 Å². The number of rotatable bonds is 4. The maximum Gasteiger partial charge on any atom is 0.317 e. The minimum atomic E-state index is -0.216. The Labute approximate surface area is 115 Å². The molecule has 0 aliphatic rings. The molecule has 0 radical (unpaired) electrons. The Morgan fingerprint density at radius 1 is 1.26 bits per heavy atom. The van der Waals surface area contributed by atoms with Crippen molar-refractivity contribution in [3.05, 3.63) is 29.3 Å². The lowest BCUT2D eigenvalue weighted by atomic mass is 9.85. The van der Waals surface area contributed by atoms with Gasteiger partial charge in [0.25, 0.3) is 0 Å². The number of urea groups is 1. The van der Waals surface area contributed by atoms with E-state index in [0.29, 0.717) is 6.54 Å². The van der Waals surface area contributed by atoms with Crippen LogP contribution in [0, 0.1) is 6.92 Å². The van der Waals surface area contributed by atoms with Crippen LogP contribution in [-0.4, -0.2) is 19.3 Å². The van der Waals surface area contributed by atoms with Crippen LogP contribution < -0.4 is 15.4 Å². The Balaban J connectivity index is 2.71. The van der Waals surface area contributed by atoms with Crippen LogP contribution in [0.25, 0.3) is 0 Å². The van der Waals surface area contributed by atoms with E-state index in [-0.39, 0.29) is 18.2 Å². The minimum absolute atomic E-state index is 0.00697. The summed E-state index contributed by atoms with van der Waals surface area (Å²) in [7, 11) is 0. The van der Waals surface area contributed by atoms with E-state index in [9.17, 15) is 4.79 Å². The molecule has 19 heavy (non-hydrogen) atoms. The average Bonchev–Trinajstić information content (AvgIpc) is 2.30. The molecule has 0 saturated heterocycles. The predicted octanol–water partition coefficient (Wildman–Crippen LogP) is 2.95. The van der Waals surface area contributed by atoms with Crippen LogP contribution >= 0.6 is 0 Å². The topological polar surface area (TPSA) is 50.4 Å². The van der Waals surface area contributed by atoms with Gasteiger partial charge in [-0.25, -0.2) is 4.79 Å². The third-order valence-corrected chi connectivity index (χ3v) is 2.74. The summed E-state index contributed by atoms with van der Waals surface area (Å²) in [6, 6.07) is 5.87. The molecule has 4 heteroatoms. The Hall–Kier alpha value is -1.71. The number of benzene rings is 1. The molecule has 0 heterocycles. The first-order chi connectivity index (χ1) is 8.84. The Morgan fingerprint density at radius 3 is 2.53 bits per heavy atom. The summed E-state index contributed by atoms with van der Waals surface area (Å²) < 4.78 is 5.66. The lowest BCUT2D eigenvalue weighted by molar-refractivity contribution is 0.223. The first kappa shape index (κ1) is 15.3. The van der Waals surface area contributed by atoms with E-state index in [1.807, 2.05) is 19.1 Å². The Bertz CT molecular complexity index is 436. The maximum atomic E-state index is 11.3. The van der Waals surface area contributed by atoms with Crippen molar-refractivity contribution in [1.29, 1.82) is 0 Å². The Morgan fingerprint density at radius 2 is 1.95 bits per heavy atom. The highest BCUT2D eigenvalue weighted by atomic mass is 16.5. The van der Waals surface area contributed by atoms with Crippen LogP contribution in [0.3, 0.4) is 0 Å². The van der Waals surface area contributed by atoms with E-state index in [2.05, 4.69) is 44.4 Å². The van der Waals surface area contributed by atoms with Crippen LogP contribution in [0.2, 0.25) is 0 Å². The largest absolute Gasteiger partial charge is 0.473 e. The second kappa shape index (κ2) is 6.45. The van der Waals surface area contributed by atoms with Gasteiger partial charge < -0.3 is 15.4 Å². The monoisotopic (exact) mass is 264 g/mol. The molecule has 0 saturated carbocycles. The second-order valence-electron chi connectivity index (χ2n) is 5.57. The highest BCUT2D eigenvalue weighted by Crippen LogP contribution is 2.31. The van der Waals surface area contributed by atoms with Gasteiger partial charge >= 0.3 is 6.03 Å². The van der Waals surface area contributed by atoms with Crippen LogP contribution in [0.1, 0.15) is 38.8 Å². The van der Waals surface area contributed by atoms with Gasteiger partial charge in [0.15, 0.2) is 6.73 Å². The molecule has 0 bridgehead atoms. The van der Waals surface area contributed by atoms with E-state index >= 15 is 0 Å². The number of amides is 2. The third kappa shape index (κ3) is 4.81. The van der Waals surface area contributed by atoms with Gasteiger partial charge in [0, 0.05) is 6.54 Å². The first-order valence-electron chi connectivity index (χ1n) is 6.60. The first-order valence-corrected chi connectivity index (χ1v) is 6.60. The number of ether oxygens (including phenoxy) is 1. The van der Waals surface area contributed by atoms with Crippen molar-refractivity contribution in [2.45, 2.75) is 40.0 Å². The van der Waals surface area contributed by atoms with Gasteiger partial charge in [-0.1, -0.05) is 38.5 Å². The average molecular weight is 264 g/mol. The highest BCUT2D eigenvalue weighted by Gasteiger charge is 2.19. The minimum Gasteiger partial charge on any atom is -0.473 e. The molecule has 1 aromatic carbocycles. The molecule has 1 rings (SSSR count). The fourth-order valence-electron chi connectivity index (χ4n) is 1.76. The van der Waals surface area contributed by atoms with Gasteiger partial charge in [0.1, 0.15) is 5.75 Å². The standard InChI is InChI=1S/C15H24N2O2/c1-6-16-14(18)17-10-19-13-8-7-11(2)9-12(13)15(3,4)5/h7-9H,6,10H2,1-5H3,(H2,16,17,18). The molecule has 0 atom stereocenters. The molecule has 0 aliphatic carbocycles. The molecular weight excluding hydrogens is 240 g/mol. The SMILES string of the molecule is CCNC(=O)NCOc1ccc(C)cc1C(C)(C)C. The van der Waals surface area contributed by atoms with E-state index in [0.717, 1.165) is 11.3 Å². The summed E-state index contributed by atoms with van der Waals surface area (Å²) in [5.41, 5.74) is 2.35. The van der Waals surface area contributed by atoms with Gasteiger partial charge in [-0.3, -0.25) is 0 Å². The van der Waals surface area contributed by atoms with Crippen molar-refractivity contribution in [2.75, 3.05) is 13.3 Å². The van der Waals surface area contributed by atoms with Crippen molar-refractivity contribution in [2.24, 2.45) is 0 Å². The molecule has 4 nitrogen and oxygen atoms in total. The summed E-state index contributed by atoms with van der Waals surface area (Å²) in [5.74, 6) is 0.815. The number of aryl methyl sites for hydroxylation is 1. The van der Waals surface area contributed by atoms with Crippen molar-refractivity contribution in [1.82, 2.24) is 10.6 Å². The zero-order valence-corrected chi connectivity index (χ0v) is 12.5. The Kier molecular flexibility index (Phi) is 5.21. The van der Waals surface area contributed by atoms with Crippen LogP contribution in [0.15, 0.2) is 18.2 Å². The molecule has 1 aromatic rings. The zero-order valence-electron chi connectivity index (χ0n) is 12.5. The molecule has 0 fully saturated rings. The summed E-state index contributed by atoms with van der Waals surface area (Å²) in [5, 5.41) is 5.31. The van der Waals surface area contributed by atoms with E-state index in [4.69, 9.17) is 4.74 Å². The number of nitrogens with one attached hydrogen (secondary N) is 2. The second-order valence-corrected chi connectivity index (χ2v) is 5.57. The van der Waals surface area contributed by atoms with Gasteiger partial charge in [0.2, 0.25) is 0 Å². The molecule has 0 unspecified atom stereocenters. The molecule has 2 N–H and O–H groups in total. The number of carbonyl (C=O) groups is 1. The molecule has 0 spiro atoms. The summed E-state index contributed by atoms with van der Waals surface area (Å²) >= 11 is 0. The van der Waals surface area contributed by atoms with Gasteiger partial charge in [0.05, 0.1) is 0 Å². The highest BCUT2D eigenvalue weighted by molar-refractivity contribution is 5.73. The molecular formula is C15H24N2O2. The van der Waals surface area contributed by atoms with Gasteiger partial charge in [-0.05, 0) is 30.9 Å². The molecule has 2 amide bonds.